The van der Waals surface area contributed by atoms with Crippen LogP contribution in [0.25, 0.3) is 22.0 Å². The van der Waals surface area contributed by atoms with E-state index < -0.39 is 24.8 Å². The number of amides is 2. The lowest BCUT2D eigenvalue weighted by molar-refractivity contribution is -0.135. The number of imide groups is 1. The molecule has 3 aromatic carbocycles. The van der Waals surface area contributed by atoms with Gasteiger partial charge in [-0.25, -0.2) is 9.78 Å². The number of ether oxygens (including phenoxy) is 1. The number of benzene rings is 3. The van der Waals surface area contributed by atoms with Crippen LogP contribution in [0.1, 0.15) is 68.3 Å². The Hall–Kier alpha value is -5.61. The van der Waals surface area contributed by atoms with Crippen molar-refractivity contribution in [2.45, 2.75) is 77.8 Å². The highest BCUT2D eigenvalue weighted by molar-refractivity contribution is 9.10. The molecule has 3 aromatic heterocycles. The minimum Gasteiger partial charge on any atom is -0.492 e. The number of hydrogen-bond donors (Lipinski definition) is 3. The number of aryl methyl sites for hydroxylation is 2. The van der Waals surface area contributed by atoms with Gasteiger partial charge in [0.15, 0.2) is 5.58 Å². The first-order valence-electron chi connectivity index (χ1n) is 24.0. The normalized spacial score (nSPS) is 19.5. The van der Waals surface area contributed by atoms with Crippen LogP contribution in [0, 0.1) is 13.8 Å². The van der Waals surface area contributed by atoms with E-state index in [1.807, 2.05) is 50.2 Å². The highest BCUT2D eigenvalue weighted by Gasteiger charge is 2.35. The number of anilines is 5. The van der Waals surface area contributed by atoms with E-state index in [9.17, 15) is 18.9 Å². The van der Waals surface area contributed by atoms with Crippen molar-refractivity contribution >= 4 is 91.0 Å². The molecule has 4 fully saturated rings. The van der Waals surface area contributed by atoms with Gasteiger partial charge < -0.3 is 34.2 Å². The predicted octanol–water partition coefficient (Wildman–Crippen LogP) is 7.79. The average molecular weight is 1010 g/mol. The smallest absolute Gasteiger partial charge is 0.420 e. The maximum Gasteiger partial charge on any atom is 0.420 e. The van der Waals surface area contributed by atoms with Crippen molar-refractivity contribution < 1.29 is 23.3 Å². The number of pyridine rings is 1. The topological polar surface area (TPSA) is 180 Å². The quantitative estimate of drug-likeness (QED) is 0.0754. The predicted molar refractivity (Wildman–Crippen MR) is 270 cm³/mol. The lowest BCUT2D eigenvalue weighted by Crippen LogP contribution is -2.53. The summed E-state index contributed by atoms with van der Waals surface area (Å²) in [4.78, 5) is 59.2. The highest BCUT2D eigenvalue weighted by Crippen LogP contribution is 2.54. The van der Waals surface area contributed by atoms with E-state index in [2.05, 4.69) is 76.7 Å². The maximum atomic E-state index is 14.5. The summed E-state index contributed by atoms with van der Waals surface area (Å²) in [5.41, 5.74) is 7.67. The zero-order valence-electron chi connectivity index (χ0n) is 38.9. The fourth-order valence-electron chi connectivity index (χ4n) is 10.7. The third-order valence-electron chi connectivity index (χ3n) is 14.2. The summed E-state index contributed by atoms with van der Waals surface area (Å²) in [6, 6.07) is 17.7. The maximum absolute atomic E-state index is 14.5. The monoisotopic (exact) mass is 1000 g/mol. The first-order chi connectivity index (χ1) is 32.9. The molecule has 4 aliphatic heterocycles. The number of oxazole rings is 1. The van der Waals surface area contributed by atoms with Crippen molar-refractivity contribution in [2.75, 3.05) is 80.3 Å². The Morgan fingerprint density at radius 1 is 0.912 bits per heavy atom. The minimum atomic E-state index is -2.64. The Labute approximate surface area is 403 Å². The Bertz CT molecular complexity index is 3010. The van der Waals surface area contributed by atoms with Gasteiger partial charge in [-0.15, -0.1) is 0 Å². The number of nitrogens with zero attached hydrogens (tertiary/aromatic N) is 7. The molecule has 1 unspecified atom stereocenters. The van der Waals surface area contributed by atoms with E-state index in [4.69, 9.17) is 19.1 Å². The van der Waals surface area contributed by atoms with Gasteiger partial charge in [-0.2, -0.15) is 4.98 Å². The van der Waals surface area contributed by atoms with Crippen molar-refractivity contribution in [3.05, 3.63) is 92.6 Å². The molecule has 356 valence electrons. The summed E-state index contributed by atoms with van der Waals surface area (Å²) < 4.78 is 28.5. The van der Waals surface area contributed by atoms with Crippen LogP contribution < -0.4 is 36.6 Å². The molecule has 0 saturated carbocycles. The lowest BCUT2D eigenvalue weighted by atomic mass is 10.00. The van der Waals surface area contributed by atoms with Gasteiger partial charge >= 0.3 is 5.76 Å². The van der Waals surface area contributed by atoms with Gasteiger partial charge in [0.2, 0.25) is 17.8 Å². The van der Waals surface area contributed by atoms with Gasteiger partial charge in [-0.1, -0.05) is 18.2 Å². The van der Waals surface area contributed by atoms with Crippen LogP contribution in [0.3, 0.4) is 0 Å². The molecule has 1 atom stereocenters. The molecule has 4 aliphatic rings. The zero-order chi connectivity index (χ0) is 47.1. The van der Waals surface area contributed by atoms with Crippen molar-refractivity contribution in [2.24, 2.45) is 0 Å². The van der Waals surface area contributed by atoms with Crippen molar-refractivity contribution in [3.63, 3.8) is 0 Å². The molecule has 7 heterocycles. The number of rotatable bonds is 13. The molecular formula is C50H58BrN10O6P. The van der Waals surface area contributed by atoms with Crippen LogP contribution in [0.15, 0.2) is 74.5 Å². The van der Waals surface area contributed by atoms with Crippen LogP contribution in [0.5, 0.6) is 5.75 Å². The molecule has 68 heavy (non-hydrogen) atoms. The molecule has 16 nitrogen and oxygen atoms in total. The fraction of sp³-hybridized carbons (Fsp3) is 0.440. The van der Waals surface area contributed by atoms with Gasteiger partial charge in [0.1, 0.15) is 24.8 Å². The van der Waals surface area contributed by atoms with Gasteiger partial charge in [0.05, 0.1) is 33.5 Å². The second-order valence-electron chi connectivity index (χ2n) is 18.5. The Morgan fingerprint density at radius 2 is 1.71 bits per heavy atom. The largest absolute Gasteiger partial charge is 0.492 e. The van der Waals surface area contributed by atoms with Crippen molar-refractivity contribution in [3.8, 4) is 5.75 Å². The lowest BCUT2D eigenvalue weighted by Gasteiger charge is -2.43. The highest BCUT2D eigenvalue weighted by atomic mass is 79.9. The molecular weight excluding hydrogens is 947 g/mol. The summed E-state index contributed by atoms with van der Waals surface area (Å²) in [7, 11) is -2.64. The van der Waals surface area contributed by atoms with E-state index >= 15 is 0 Å². The number of hydrogen-bond acceptors (Lipinski definition) is 14. The van der Waals surface area contributed by atoms with Crippen molar-refractivity contribution in [1.29, 1.82) is 0 Å². The molecule has 10 rings (SSSR count). The standard InChI is InChI=1S/C50H58BrN10O6P/c1-4-66-43-29-42(31(2)28-39(43)55-49-52-30-36(51)47(57-49)54-38-13-12-37-35(11-10-32(3)53-37)46(38)68(65)26-5-6-27-68)60-20-17-34(18-21-60)59-24-22-58(23-25-59)19-16-33-8-7-9-40-45(33)67-50(64)61(40)41-14-15-44(62)56-48(41)63/h7-13,28-30,34,41H,4-6,14-27H2,1-3H3,(H,56,62,63)(H2,52,54,55,57). The molecule has 0 aliphatic carbocycles. The van der Waals surface area contributed by atoms with Crippen LogP contribution >= 0.6 is 23.1 Å². The number of aromatic nitrogens is 4. The van der Waals surface area contributed by atoms with Gasteiger partial charge in [-0.05, 0) is 117 Å². The Morgan fingerprint density at radius 3 is 2.47 bits per heavy atom. The number of nitrogens with one attached hydrogen (secondary N) is 3. The molecule has 6 aromatic rings. The summed E-state index contributed by atoms with van der Waals surface area (Å²) in [5, 5.41) is 11.1. The number of halogens is 1. The molecule has 2 amide bonds. The number of carbonyl (C=O) groups excluding carboxylic acids is 2. The summed E-state index contributed by atoms with van der Waals surface area (Å²) in [6.45, 7) is 13.3. The van der Waals surface area contributed by atoms with E-state index in [-0.39, 0.29) is 18.7 Å². The Balaban J connectivity index is 0.764. The molecule has 0 spiro atoms. The number of carbonyl (C=O) groups is 2. The van der Waals surface area contributed by atoms with Crippen molar-refractivity contribution in [1.82, 2.24) is 34.6 Å². The van der Waals surface area contributed by atoms with Crippen LogP contribution in [0.2, 0.25) is 0 Å². The Kier molecular flexibility index (Phi) is 13.2. The van der Waals surface area contributed by atoms with E-state index in [1.54, 1.807) is 6.20 Å². The van der Waals surface area contributed by atoms with Crippen LogP contribution in [-0.2, 0) is 20.6 Å². The van der Waals surface area contributed by atoms with E-state index in [0.29, 0.717) is 52.3 Å². The number of para-hydroxylation sites is 1. The van der Waals surface area contributed by atoms with Gasteiger partial charge in [-0.3, -0.25) is 29.4 Å². The molecule has 4 saturated heterocycles. The number of piperazine rings is 1. The van der Waals surface area contributed by atoms with Gasteiger partial charge in [0, 0.05) is 105 Å². The first-order valence-corrected chi connectivity index (χ1v) is 26.8. The molecule has 3 N–H and O–H groups in total. The van der Waals surface area contributed by atoms with Gasteiger partial charge in [0.25, 0.3) is 0 Å². The SMILES string of the molecule is CCOc1cc(N2CCC(N3CCN(CCc4cccc5c4oc(=O)n5C4CCC(=O)NC4=O)CC3)CC2)c(C)cc1Nc1ncc(Br)c(Nc2ccc3nc(C)ccc3c2P2(=O)CCCC2)n1. The zero-order valence-corrected chi connectivity index (χ0v) is 41.3. The number of fused-ring (bicyclic) bond motifs is 2. The first kappa shape index (κ1) is 46.1. The van der Waals surface area contributed by atoms with Crippen LogP contribution in [-0.4, -0.2) is 112 Å². The number of piperidine rings is 2. The summed E-state index contributed by atoms with van der Waals surface area (Å²) in [5.74, 6) is 0.347. The fourth-order valence-corrected chi connectivity index (χ4v) is 14.3. The second-order valence-corrected chi connectivity index (χ2v) is 22.5. The van der Waals surface area contributed by atoms with Crippen LogP contribution in [0.4, 0.5) is 28.8 Å². The molecule has 0 bridgehead atoms. The second kappa shape index (κ2) is 19.4. The average Bonchev–Trinajstić information content (AvgIpc) is 3.93. The molecule has 18 heteroatoms. The van der Waals surface area contributed by atoms with E-state index in [1.165, 1.54) is 4.57 Å². The third kappa shape index (κ3) is 9.29. The minimum absolute atomic E-state index is 0.189. The molecule has 0 radical (unpaired) electrons. The summed E-state index contributed by atoms with van der Waals surface area (Å²) in [6.07, 6.45) is 8.35. The van der Waals surface area contributed by atoms with E-state index in [0.717, 1.165) is 134 Å². The third-order valence-corrected chi connectivity index (χ3v) is 18.1. The summed E-state index contributed by atoms with van der Waals surface area (Å²) >= 11 is 3.67.